The molecule has 4 aromatic rings. The summed E-state index contributed by atoms with van der Waals surface area (Å²) in [5.41, 5.74) is 3.79. The maximum Gasteiger partial charge on any atom is 0.0824 e. The summed E-state index contributed by atoms with van der Waals surface area (Å²) in [6.45, 7) is 11.2. The molecule has 0 aromatic carbocycles. The van der Waals surface area contributed by atoms with Gasteiger partial charge in [-0.1, -0.05) is 27.8 Å². The van der Waals surface area contributed by atoms with Crippen molar-refractivity contribution in [1.82, 2.24) is 60.0 Å². The fourth-order valence-corrected chi connectivity index (χ4v) is 4.28. The van der Waals surface area contributed by atoms with Crippen molar-refractivity contribution in [3.8, 4) is 0 Å². The smallest absolute Gasteiger partial charge is 0.0824 e. The number of aryl methyl sites for hydroxylation is 8. The molecule has 4 heterocycles. The van der Waals surface area contributed by atoms with Crippen LogP contribution in [-0.2, 0) is 32.6 Å². The molecule has 0 aliphatic heterocycles. The number of rotatable bonds is 13. The Kier molecular flexibility index (Phi) is 7.43. The molecule has 0 amide bonds. The summed E-state index contributed by atoms with van der Waals surface area (Å²) in [7, 11) is 0. The minimum Gasteiger partial charge on any atom is -0.252 e. The first-order valence-corrected chi connectivity index (χ1v) is 11.9. The highest BCUT2D eigenvalue weighted by Gasteiger charge is 2.30. The number of nitrogens with zero attached hydrogens (tertiary/aromatic N) is 12. The zero-order valence-corrected chi connectivity index (χ0v) is 20.5. The van der Waals surface area contributed by atoms with Crippen LogP contribution < -0.4 is 0 Å². The SMILES string of the molecule is CCc1cn(CCC(CCn2cc(C)nn2)(CCn2cc(C)nn2)CCn2cc(C)nn2)nn1. The molecule has 0 N–H and O–H groups in total. The second kappa shape index (κ2) is 10.7. The molecular weight excluding hydrogens is 432 g/mol. The van der Waals surface area contributed by atoms with Gasteiger partial charge in [-0.25, -0.2) is 0 Å². The summed E-state index contributed by atoms with van der Waals surface area (Å²) in [6, 6.07) is 0. The first-order valence-electron chi connectivity index (χ1n) is 11.9. The lowest BCUT2D eigenvalue weighted by Gasteiger charge is -2.34. The lowest BCUT2D eigenvalue weighted by Crippen LogP contribution is -2.29. The zero-order chi connectivity index (χ0) is 24.0. The Balaban J connectivity index is 1.55. The Morgan fingerprint density at radius 3 is 1.21 bits per heavy atom. The van der Waals surface area contributed by atoms with Crippen molar-refractivity contribution in [3.63, 3.8) is 0 Å². The average Bonchev–Trinajstić information content (AvgIpc) is 3.62. The van der Waals surface area contributed by atoms with Crippen LogP contribution in [0.5, 0.6) is 0 Å². The number of aromatic nitrogens is 12. The molecule has 0 spiro atoms. The summed E-state index contributed by atoms with van der Waals surface area (Å²) in [5.74, 6) is 0. The molecule has 12 heteroatoms. The van der Waals surface area contributed by atoms with Crippen LogP contribution in [0.4, 0.5) is 0 Å². The van der Waals surface area contributed by atoms with Gasteiger partial charge in [0.2, 0.25) is 0 Å². The van der Waals surface area contributed by atoms with E-state index in [1.165, 1.54) is 0 Å². The summed E-state index contributed by atoms with van der Waals surface area (Å²) in [6.07, 6.45) is 12.7. The average molecular weight is 467 g/mol. The Hall–Kier alpha value is -3.44. The summed E-state index contributed by atoms with van der Waals surface area (Å²) in [4.78, 5) is 0. The Labute approximate surface area is 199 Å². The van der Waals surface area contributed by atoms with Crippen LogP contribution in [0.25, 0.3) is 0 Å². The van der Waals surface area contributed by atoms with Gasteiger partial charge in [0.25, 0.3) is 0 Å². The fourth-order valence-electron chi connectivity index (χ4n) is 4.28. The van der Waals surface area contributed by atoms with Crippen molar-refractivity contribution in [2.24, 2.45) is 5.41 Å². The second-order valence-electron chi connectivity index (χ2n) is 9.20. The maximum absolute atomic E-state index is 4.34. The van der Waals surface area contributed by atoms with Gasteiger partial charge >= 0.3 is 0 Å². The van der Waals surface area contributed by atoms with E-state index in [-0.39, 0.29) is 5.41 Å². The minimum absolute atomic E-state index is 0.00209. The molecule has 4 aromatic heterocycles. The number of hydrogen-bond acceptors (Lipinski definition) is 8. The van der Waals surface area contributed by atoms with E-state index < -0.39 is 0 Å². The van der Waals surface area contributed by atoms with Crippen molar-refractivity contribution >= 4 is 0 Å². The number of hydrogen-bond donors (Lipinski definition) is 0. The molecule has 0 saturated heterocycles. The predicted molar refractivity (Wildman–Crippen MR) is 125 cm³/mol. The van der Waals surface area contributed by atoms with Crippen molar-refractivity contribution in [2.75, 3.05) is 0 Å². The standard InChI is InChI=1S/C22H34N12/c1-5-21-17-34(30-26-21)13-9-22(6-10-31-14-18(2)23-27-31,7-11-32-15-19(3)24-28-32)8-12-33-16-20(4)25-29-33/h14-17H,5-13H2,1-4H3. The molecule has 4 rings (SSSR count). The van der Waals surface area contributed by atoms with Crippen molar-refractivity contribution < 1.29 is 0 Å². The normalized spacial score (nSPS) is 12.0. The second-order valence-corrected chi connectivity index (χ2v) is 9.20. The van der Waals surface area contributed by atoms with Gasteiger partial charge in [-0.05, 0) is 58.3 Å². The molecule has 0 unspecified atom stereocenters. The van der Waals surface area contributed by atoms with E-state index in [0.717, 1.165) is 81.1 Å². The van der Waals surface area contributed by atoms with Gasteiger partial charge in [0.15, 0.2) is 0 Å². The van der Waals surface area contributed by atoms with Gasteiger partial charge in [0.05, 0.1) is 22.8 Å². The molecule has 0 saturated carbocycles. The fraction of sp³-hybridized carbons (Fsp3) is 0.636. The van der Waals surface area contributed by atoms with Crippen molar-refractivity contribution in [1.29, 1.82) is 0 Å². The van der Waals surface area contributed by atoms with Crippen LogP contribution in [0.3, 0.4) is 0 Å². The van der Waals surface area contributed by atoms with E-state index in [1.807, 2.05) is 64.3 Å². The summed E-state index contributed by atoms with van der Waals surface area (Å²) < 4.78 is 7.78. The highest BCUT2D eigenvalue weighted by atomic mass is 15.4. The molecule has 12 nitrogen and oxygen atoms in total. The molecule has 34 heavy (non-hydrogen) atoms. The van der Waals surface area contributed by atoms with Gasteiger partial charge in [-0.15, -0.1) is 20.4 Å². The van der Waals surface area contributed by atoms with Crippen LogP contribution in [0.15, 0.2) is 24.8 Å². The van der Waals surface area contributed by atoms with Crippen LogP contribution in [-0.4, -0.2) is 60.0 Å². The van der Waals surface area contributed by atoms with Crippen LogP contribution in [0.2, 0.25) is 0 Å². The van der Waals surface area contributed by atoms with E-state index in [1.54, 1.807) is 0 Å². The Morgan fingerprint density at radius 2 is 0.912 bits per heavy atom. The Bertz CT molecular complexity index is 1060. The first kappa shape index (κ1) is 23.7. The minimum atomic E-state index is -0.00209. The van der Waals surface area contributed by atoms with Crippen molar-refractivity contribution in [2.45, 2.75) is 86.0 Å². The predicted octanol–water partition coefficient (Wildman–Crippen LogP) is 2.19. The summed E-state index contributed by atoms with van der Waals surface area (Å²) >= 11 is 0. The van der Waals surface area contributed by atoms with Gasteiger partial charge < -0.3 is 0 Å². The third kappa shape index (κ3) is 6.33. The lowest BCUT2D eigenvalue weighted by molar-refractivity contribution is 0.149. The zero-order valence-electron chi connectivity index (χ0n) is 20.5. The topological polar surface area (TPSA) is 123 Å². The van der Waals surface area contributed by atoms with Crippen LogP contribution >= 0.6 is 0 Å². The molecule has 0 fully saturated rings. The van der Waals surface area contributed by atoms with Gasteiger partial charge in [0.1, 0.15) is 0 Å². The molecule has 0 radical (unpaired) electrons. The summed E-state index contributed by atoms with van der Waals surface area (Å²) in [5, 5.41) is 33.9. The van der Waals surface area contributed by atoms with Gasteiger partial charge in [0, 0.05) is 51.0 Å². The van der Waals surface area contributed by atoms with Crippen LogP contribution in [0.1, 0.15) is 55.4 Å². The van der Waals surface area contributed by atoms with Gasteiger partial charge in [-0.3, -0.25) is 18.7 Å². The van der Waals surface area contributed by atoms with Crippen molar-refractivity contribution in [3.05, 3.63) is 47.6 Å². The maximum atomic E-state index is 4.34. The molecule has 0 aliphatic rings. The van der Waals surface area contributed by atoms with E-state index in [4.69, 9.17) is 0 Å². The monoisotopic (exact) mass is 466 g/mol. The van der Waals surface area contributed by atoms with E-state index in [9.17, 15) is 0 Å². The van der Waals surface area contributed by atoms with Gasteiger partial charge in [-0.2, -0.15) is 0 Å². The third-order valence-corrected chi connectivity index (χ3v) is 6.39. The highest BCUT2D eigenvalue weighted by molar-refractivity contribution is 4.93. The lowest BCUT2D eigenvalue weighted by atomic mass is 9.75. The van der Waals surface area contributed by atoms with E-state index in [0.29, 0.717) is 0 Å². The van der Waals surface area contributed by atoms with E-state index >= 15 is 0 Å². The molecule has 0 bridgehead atoms. The Morgan fingerprint density at radius 1 is 0.559 bits per heavy atom. The quantitative estimate of drug-likeness (QED) is 0.294. The molecular formula is C22H34N12. The van der Waals surface area contributed by atoms with E-state index in [2.05, 4.69) is 48.2 Å². The highest BCUT2D eigenvalue weighted by Crippen LogP contribution is 2.37. The molecule has 0 atom stereocenters. The first-order chi connectivity index (χ1) is 16.4. The largest absolute Gasteiger partial charge is 0.252 e. The molecule has 0 aliphatic carbocycles. The molecule has 182 valence electrons. The van der Waals surface area contributed by atoms with Crippen LogP contribution in [0, 0.1) is 26.2 Å². The third-order valence-electron chi connectivity index (χ3n) is 6.39.